The van der Waals surface area contributed by atoms with Gasteiger partial charge < -0.3 is 20.4 Å². The lowest BCUT2D eigenvalue weighted by Crippen LogP contribution is -2.46. The van der Waals surface area contributed by atoms with Crippen LogP contribution in [-0.4, -0.2) is 55.2 Å². The summed E-state index contributed by atoms with van der Waals surface area (Å²) in [6, 6.07) is 4.32. The van der Waals surface area contributed by atoms with Gasteiger partial charge in [0.05, 0.1) is 0 Å². The average molecular weight is 317 g/mol. The quantitative estimate of drug-likeness (QED) is 0.885. The molecular weight excluding hydrogens is 290 g/mol. The lowest BCUT2D eigenvalue weighted by molar-refractivity contribution is 0.213. The Bertz CT molecular complexity index is 504. The first-order valence-electron chi connectivity index (χ1n) is 8.63. The van der Waals surface area contributed by atoms with Crippen LogP contribution < -0.4 is 15.5 Å². The average Bonchev–Trinajstić information content (AvgIpc) is 3.10. The monoisotopic (exact) mass is 317 g/mol. The summed E-state index contributed by atoms with van der Waals surface area (Å²) in [5, 5.41) is 5.99. The number of nitrogens with zero attached hydrogens (tertiary/aromatic N) is 3. The summed E-state index contributed by atoms with van der Waals surface area (Å²) in [5.74, 6) is 1.04. The van der Waals surface area contributed by atoms with Crippen LogP contribution in [-0.2, 0) is 6.54 Å². The molecule has 0 saturated carbocycles. The number of anilines is 1. The van der Waals surface area contributed by atoms with E-state index >= 15 is 0 Å². The largest absolute Gasteiger partial charge is 0.357 e. The zero-order valence-corrected chi connectivity index (χ0v) is 13.9. The van der Waals surface area contributed by atoms with Gasteiger partial charge in [-0.05, 0) is 57.5 Å². The molecule has 6 nitrogen and oxygen atoms in total. The predicted octanol–water partition coefficient (Wildman–Crippen LogP) is 1.58. The number of amides is 2. The Balaban J connectivity index is 1.41. The highest BCUT2D eigenvalue weighted by atomic mass is 16.2. The molecule has 2 aliphatic heterocycles. The van der Waals surface area contributed by atoms with Crippen molar-refractivity contribution >= 4 is 11.8 Å². The fraction of sp³-hybridized carbons (Fsp3) is 0.647. The summed E-state index contributed by atoms with van der Waals surface area (Å²) in [6.45, 7) is 4.82. The van der Waals surface area contributed by atoms with Gasteiger partial charge in [-0.3, -0.25) is 0 Å². The second kappa shape index (κ2) is 7.64. The van der Waals surface area contributed by atoms with Gasteiger partial charge in [0.25, 0.3) is 0 Å². The van der Waals surface area contributed by atoms with Crippen molar-refractivity contribution in [2.24, 2.45) is 0 Å². The molecule has 0 unspecified atom stereocenters. The Morgan fingerprint density at radius 1 is 1.22 bits per heavy atom. The highest BCUT2D eigenvalue weighted by Gasteiger charge is 2.18. The molecule has 0 aliphatic carbocycles. The maximum atomic E-state index is 12.0. The topological polar surface area (TPSA) is 60.5 Å². The zero-order valence-electron chi connectivity index (χ0n) is 13.9. The van der Waals surface area contributed by atoms with E-state index in [1.54, 1.807) is 0 Å². The van der Waals surface area contributed by atoms with E-state index in [-0.39, 0.29) is 6.03 Å². The van der Waals surface area contributed by atoms with Gasteiger partial charge in [-0.2, -0.15) is 0 Å². The standard InChI is InChI=1S/C17H27N5O/c1-21-10-6-15(7-11-21)20-17(23)19-13-14-4-5-16(18-12-14)22-8-2-3-9-22/h4-5,12,15H,2-3,6-11,13H2,1H3,(H2,19,20,23). The van der Waals surface area contributed by atoms with E-state index in [1.165, 1.54) is 12.8 Å². The SMILES string of the molecule is CN1CCC(NC(=O)NCc2ccc(N3CCCC3)nc2)CC1. The Kier molecular flexibility index (Phi) is 5.33. The summed E-state index contributed by atoms with van der Waals surface area (Å²) in [5.41, 5.74) is 1.03. The maximum absolute atomic E-state index is 12.0. The van der Waals surface area contributed by atoms with Crippen LogP contribution in [0.15, 0.2) is 18.3 Å². The highest BCUT2D eigenvalue weighted by Crippen LogP contribution is 2.17. The van der Waals surface area contributed by atoms with E-state index in [0.717, 1.165) is 50.4 Å². The first-order valence-corrected chi connectivity index (χ1v) is 8.63. The fourth-order valence-corrected chi connectivity index (χ4v) is 3.23. The summed E-state index contributed by atoms with van der Waals surface area (Å²) < 4.78 is 0. The number of pyridine rings is 1. The second-order valence-corrected chi connectivity index (χ2v) is 6.62. The summed E-state index contributed by atoms with van der Waals surface area (Å²) >= 11 is 0. The third-order valence-corrected chi connectivity index (χ3v) is 4.75. The maximum Gasteiger partial charge on any atom is 0.315 e. The molecule has 2 fully saturated rings. The predicted molar refractivity (Wildman–Crippen MR) is 91.6 cm³/mol. The van der Waals surface area contributed by atoms with Crippen LogP contribution >= 0.6 is 0 Å². The van der Waals surface area contributed by atoms with Gasteiger partial charge in [0, 0.05) is 31.9 Å². The molecule has 2 amide bonds. The molecule has 0 aromatic carbocycles. The highest BCUT2D eigenvalue weighted by molar-refractivity contribution is 5.74. The van der Waals surface area contributed by atoms with Gasteiger partial charge in [0.15, 0.2) is 0 Å². The number of hydrogen-bond acceptors (Lipinski definition) is 4. The molecule has 6 heteroatoms. The molecule has 1 aromatic heterocycles. The van der Waals surface area contributed by atoms with Crippen LogP contribution in [0.25, 0.3) is 0 Å². The Labute approximate surface area is 138 Å². The molecular formula is C17H27N5O. The van der Waals surface area contributed by atoms with Crippen molar-refractivity contribution in [1.29, 1.82) is 0 Å². The van der Waals surface area contributed by atoms with E-state index in [2.05, 4.69) is 44.6 Å². The third-order valence-electron chi connectivity index (χ3n) is 4.75. The molecule has 23 heavy (non-hydrogen) atoms. The zero-order chi connectivity index (χ0) is 16.1. The van der Waals surface area contributed by atoms with Crippen LogP contribution in [0.2, 0.25) is 0 Å². The lowest BCUT2D eigenvalue weighted by Gasteiger charge is -2.29. The number of hydrogen-bond donors (Lipinski definition) is 2. The van der Waals surface area contributed by atoms with Crippen LogP contribution in [0, 0.1) is 0 Å². The number of carbonyl (C=O) groups excluding carboxylic acids is 1. The van der Waals surface area contributed by atoms with Crippen molar-refractivity contribution in [3.05, 3.63) is 23.9 Å². The molecule has 0 atom stereocenters. The van der Waals surface area contributed by atoms with Crippen molar-refractivity contribution < 1.29 is 4.79 Å². The van der Waals surface area contributed by atoms with E-state index in [1.807, 2.05) is 6.20 Å². The van der Waals surface area contributed by atoms with Crippen molar-refractivity contribution in [3.63, 3.8) is 0 Å². The van der Waals surface area contributed by atoms with Gasteiger partial charge in [-0.25, -0.2) is 9.78 Å². The Hall–Kier alpha value is -1.82. The molecule has 1 aromatic rings. The van der Waals surface area contributed by atoms with Crippen molar-refractivity contribution in [2.45, 2.75) is 38.3 Å². The van der Waals surface area contributed by atoms with Crippen molar-refractivity contribution in [1.82, 2.24) is 20.5 Å². The van der Waals surface area contributed by atoms with Crippen LogP contribution in [0.3, 0.4) is 0 Å². The Morgan fingerprint density at radius 3 is 2.61 bits per heavy atom. The molecule has 2 N–H and O–H groups in total. The molecule has 2 saturated heterocycles. The smallest absolute Gasteiger partial charge is 0.315 e. The number of carbonyl (C=O) groups is 1. The van der Waals surface area contributed by atoms with Gasteiger partial charge in [0.1, 0.15) is 5.82 Å². The lowest BCUT2D eigenvalue weighted by atomic mass is 10.1. The van der Waals surface area contributed by atoms with Gasteiger partial charge >= 0.3 is 6.03 Å². The minimum absolute atomic E-state index is 0.0804. The van der Waals surface area contributed by atoms with Crippen molar-refractivity contribution in [3.8, 4) is 0 Å². The summed E-state index contributed by atoms with van der Waals surface area (Å²) in [6.07, 6.45) is 6.42. The normalized spacial score (nSPS) is 19.8. The number of piperidine rings is 1. The van der Waals surface area contributed by atoms with E-state index in [4.69, 9.17) is 0 Å². The van der Waals surface area contributed by atoms with E-state index < -0.39 is 0 Å². The summed E-state index contributed by atoms with van der Waals surface area (Å²) in [7, 11) is 2.12. The van der Waals surface area contributed by atoms with E-state index in [0.29, 0.717) is 12.6 Å². The van der Waals surface area contributed by atoms with Crippen LogP contribution in [0.1, 0.15) is 31.2 Å². The fourth-order valence-electron chi connectivity index (χ4n) is 3.23. The Morgan fingerprint density at radius 2 is 1.96 bits per heavy atom. The van der Waals surface area contributed by atoms with Crippen LogP contribution in [0.4, 0.5) is 10.6 Å². The van der Waals surface area contributed by atoms with Gasteiger partial charge in [0.2, 0.25) is 0 Å². The molecule has 0 bridgehead atoms. The minimum Gasteiger partial charge on any atom is -0.357 e. The minimum atomic E-state index is -0.0804. The first kappa shape index (κ1) is 16.1. The second-order valence-electron chi connectivity index (χ2n) is 6.62. The van der Waals surface area contributed by atoms with Crippen molar-refractivity contribution in [2.75, 3.05) is 38.1 Å². The van der Waals surface area contributed by atoms with Gasteiger partial charge in [-0.1, -0.05) is 6.07 Å². The number of rotatable bonds is 4. The van der Waals surface area contributed by atoms with E-state index in [9.17, 15) is 4.79 Å². The first-order chi connectivity index (χ1) is 11.2. The molecule has 3 heterocycles. The number of urea groups is 1. The molecule has 2 aliphatic rings. The summed E-state index contributed by atoms with van der Waals surface area (Å²) in [4.78, 5) is 21.1. The molecule has 126 valence electrons. The molecule has 0 spiro atoms. The molecule has 0 radical (unpaired) electrons. The molecule has 3 rings (SSSR count). The third kappa shape index (κ3) is 4.58. The number of aromatic nitrogens is 1. The van der Waals surface area contributed by atoms with Crippen LogP contribution in [0.5, 0.6) is 0 Å². The van der Waals surface area contributed by atoms with Gasteiger partial charge in [-0.15, -0.1) is 0 Å². The number of nitrogens with one attached hydrogen (secondary N) is 2. The number of likely N-dealkylation sites (tertiary alicyclic amines) is 1.